The lowest BCUT2D eigenvalue weighted by atomic mass is 10.1. The summed E-state index contributed by atoms with van der Waals surface area (Å²) >= 11 is 1.28. The number of benzene rings is 3. The number of anilines is 1. The molecule has 0 atom stereocenters. The van der Waals surface area contributed by atoms with Crippen LogP contribution in [0.4, 0.5) is 10.8 Å². The Morgan fingerprint density at radius 2 is 1.70 bits per heavy atom. The lowest BCUT2D eigenvalue weighted by molar-refractivity contribution is -0.384. The van der Waals surface area contributed by atoms with Crippen LogP contribution in [0.3, 0.4) is 0 Å². The van der Waals surface area contributed by atoms with Crippen LogP contribution < -0.4 is 10.1 Å². The molecule has 0 aliphatic rings. The summed E-state index contributed by atoms with van der Waals surface area (Å²) in [6.45, 7) is 0. The van der Waals surface area contributed by atoms with Crippen molar-refractivity contribution >= 4 is 28.1 Å². The van der Waals surface area contributed by atoms with Crippen LogP contribution in [-0.2, 0) is 0 Å². The molecule has 1 aromatic heterocycles. The van der Waals surface area contributed by atoms with Crippen LogP contribution in [0.1, 0.15) is 10.4 Å². The summed E-state index contributed by atoms with van der Waals surface area (Å²) in [7, 11) is 0. The van der Waals surface area contributed by atoms with Crippen LogP contribution in [0, 0.1) is 10.1 Å². The van der Waals surface area contributed by atoms with Gasteiger partial charge in [-0.05, 0) is 42.5 Å². The Balaban J connectivity index is 1.45. The smallest absolute Gasteiger partial charge is 0.269 e. The molecule has 0 radical (unpaired) electrons. The summed E-state index contributed by atoms with van der Waals surface area (Å²) in [5.41, 5.74) is 1.82. The highest BCUT2D eigenvalue weighted by Crippen LogP contribution is 2.27. The van der Waals surface area contributed by atoms with E-state index in [4.69, 9.17) is 4.74 Å². The first-order valence-corrected chi connectivity index (χ1v) is 9.81. The molecule has 3 aromatic carbocycles. The minimum absolute atomic E-state index is 0.0140. The van der Waals surface area contributed by atoms with E-state index < -0.39 is 4.92 Å². The number of ether oxygens (including phenoxy) is 1. The molecule has 0 fully saturated rings. The van der Waals surface area contributed by atoms with Crippen LogP contribution >= 0.6 is 11.3 Å². The number of hydrogen-bond donors (Lipinski definition) is 1. The standard InChI is InChI=1S/C22H15N3O4S/c26-21(16-5-4-8-19(13-16)29-18-6-2-1-3-7-18)24-22-23-20(14-30-22)15-9-11-17(12-10-15)25(27)28/h1-14H,(H,23,24,26). The third-order valence-corrected chi connectivity index (χ3v) is 4.93. The molecule has 0 saturated heterocycles. The van der Waals surface area contributed by atoms with Crippen molar-refractivity contribution in [3.8, 4) is 22.8 Å². The van der Waals surface area contributed by atoms with Gasteiger partial charge in [0.2, 0.25) is 0 Å². The van der Waals surface area contributed by atoms with Crippen molar-refractivity contribution in [2.24, 2.45) is 0 Å². The fourth-order valence-corrected chi connectivity index (χ4v) is 3.43. The van der Waals surface area contributed by atoms with E-state index in [0.29, 0.717) is 27.9 Å². The highest BCUT2D eigenvalue weighted by atomic mass is 32.1. The van der Waals surface area contributed by atoms with Crippen molar-refractivity contribution in [3.63, 3.8) is 0 Å². The van der Waals surface area contributed by atoms with Gasteiger partial charge in [0.25, 0.3) is 11.6 Å². The number of thiazole rings is 1. The maximum Gasteiger partial charge on any atom is 0.269 e. The molecule has 0 spiro atoms. The molecule has 4 rings (SSSR count). The first-order valence-electron chi connectivity index (χ1n) is 8.93. The Morgan fingerprint density at radius 3 is 2.43 bits per heavy atom. The second kappa shape index (κ2) is 8.54. The first kappa shape index (κ1) is 19.3. The molecule has 0 unspecified atom stereocenters. The van der Waals surface area contributed by atoms with E-state index in [1.54, 1.807) is 41.8 Å². The minimum atomic E-state index is -0.452. The zero-order chi connectivity index (χ0) is 20.9. The molecule has 4 aromatic rings. The molecular formula is C22H15N3O4S. The van der Waals surface area contributed by atoms with Crippen LogP contribution in [0.25, 0.3) is 11.3 Å². The second-order valence-electron chi connectivity index (χ2n) is 6.24. The summed E-state index contributed by atoms with van der Waals surface area (Å²) in [6.07, 6.45) is 0. The molecule has 1 amide bonds. The average Bonchev–Trinajstić information content (AvgIpc) is 3.23. The molecule has 0 aliphatic heterocycles. The van der Waals surface area contributed by atoms with Gasteiger partial charge in [0.1, 0.15) is 11.5 Å². The highest BCUT2D eigenvalue weighted by Gasteiger charge is 2.12. The Kier molecular flexibility index (Phi) is 5.49. The predicted octanol–water partition coefficient (Wildman–Crippen LogP) is 5.76. The molecule has 0 aliphatic carbocycles. The van der Waals surface area contributed by atoms with Crippen molar-refractivity contribution in [3.05, 3.63) is 99.9 Å². The van der Waals surface area contributed by atoms with Gasteiger partial charge >= 0.3 is 0 Å². The molecule has 7 nitrogen and oxygen atoms in total. The summed E-state index contributed by atoms with van der Waals surface area (Å²) in [5, 5.41) is 15.8. The van der Waals surface area contributed by atoms with Crippen LogP contribution in [0.15, 0.2) is 84.2 Å². The fourth-order valence-electron chi connectivity index (χ4n) is 2.71. The van der Waals surface area contributed by atoms with Crippen molar-refractivity contribution in [1.29, 1.82) is 0 Å². The number of nitro benzene ring substituents is 1. The number of nitrogens with one attached hydrogen (secondary N) is 1. The van der Waals surface area contributed by atoms with E-state index in [-0.39, 0.29) is 11.6 Å². The van der Waals surface area contributed by atoms with Crippen LogP contribution in [0.2, 0.25) is 0 Å². The summed E-state index contributed by atoms with van der Waals surface area (Å²) in [6, 6.07) is 22.3. The van der Waals surface area contributed by atoms with E-state index in [2.05, 4.69) is 10.3 Å². The number of rotatable bonds is 6. The predicted molar refractivity (Wildman–Crippen MR) is 115 cm³/mol. The molecule has 0 bridgehead atoms. The number of nitro groups is 1. The number of carbonyl (C=O) groups excluding carboxylic acids is 1. The van der Waals surface area contributed by atoms with Crippen molar-refractivity contribution in [1.82, 2.24) is 4.98 Å². The number of non-ortho nitro benzene ring substituents is 1. The SMILES string of the molecule is O=C(Nc1nc(-c2ccc([N+](=O)[O-])cc2)cs1)c1cccc(Oc2ccccc2)c1. The average molecular weight is 417 g/mol. The first-order chi connectivity index (χ1) is 14.6. The number of nitrogens with zero attached hydrogens (tertiary/aromatic N) is 2. The highest BCUT2D eigenvalue weighted by molar-refractivity contribution is 7.14. The van der Waals surface area contributed by atoms with Crippen LogP contribution in [0.5, 0.6) is 11.5 Å². The summed E-state index contributed by atoms with van der Waals surface area (Å²) < 4.78 is 5.77. The van der Waals surface area contributed by atoms with Crippen LogP contribution in [-0.4, -0.2) is 15.8 Å². The van der Waals surface area contributed by atoms with E-state index in [1.807, 2.05) is 30.3 Å². The zero-order valence-corrected chi connectivity index (χ0v) is 16.3. The van der Waals surface area contributed by atoms with Gasteiger partial charge in [-0.25, -0.2) is 4.98 Å². The number of amides is 1. The molecule has 30 heavy (non-hydrogen) atoms. The fraction of sp³-hybridized carbons (Fsp3) is 0. The lowest BCUT2D eigenvalue weighted by Gasteiger charge is -2.07. The van der Waals surface area contributed by atoms with Gasteiger partial charge in [-0.3, -0.25) is 20.2 Å². The van der Waals surface area contributed by atoms with E-state index in [0.717, 1.165) is 5.56 Å². The minimum Gasteiger partial charge on any atom is -0.457 e. The summed E-state index contributed by atoms with van der Waals surface area (Å²) in [5.74, 6) is 0.931. The van der Waals surface area contributed by atoms with Gasteiger partial charge in [0.05, 0.1) is 10.6 Å². The van der Waals surface area contributed by atoms with E-state index in [1.165, 1.54) is 23.5 Å². The Labute approximate surface area is 175 Å². The molecular weight excluding hydrogens is 402 g/mol. The van der Waals surface area contributed by atoms with E-state index in [9.17, 15) is 14.9 Å². The number of carbonyl (C=O) groups is 1. The van der Waals surface area contributed by atoms with Gasteiger partial charge in [-0.15, -0.1) is 11.3 Å². The number of aromatic nitrogens is 1. The van der Waals surface area contributed by atoms with Gasteiger partial charge in [-0.1, -0.05) is 24.3 Å². The topological polar surface area (TPSA) is 94.4 Å². The Hall–Kier alpha value is -4.04. The van der Waals surface area contributed by atoms with Gasteiger partial charge < -0.3 is 4.74 Å². The van der Waals surface area contributed by atoms with Crippen molar-refractivity contribution in [2.45, 2.75) is 0 Å². The third kappa shape index (κ3) is 4.50. The van der Waals surface area contributed by atoms with Gasteiger partial charge in [-0.2, -0.15) is 0 Å². The maximum atomic E-state index is 12.6. The molecule has 0 saturated carbocycles. The zero-order valence-electron chi connectivity index (χ0n) is 15.5. The molecule has 8 heteroatoms. The van der Waals surface area contributed by atoms with Crippen molar-refractivity contribution < 1.29 is 14.5 Å². The Bertz CT molecular complexity index is 1190. The molecule has 148 valence electrons. The largest absolute Gasteiger partial charge is 0.457 e. The summed E-state index contributed by atoms with van der Waals surface area (Å²) in [4.78, 5) is 27.3. The molecule has 1 N–H and O–H groups in total. The third-order valence-electron chi connectivity index (χ3n) is 4.17. The second-order valence-corrected chi connectivity index (χ2v) is 7.10. The van der Waals surface area contributed by atoms with Gasteiger partial charge in [0.15, 0.2) is 5.13 Å². The van der Waals surface area contributed by atoms with Gasteiger partial charge in [0, 0.05) is 28.6 Å². The van der Waals surface area contributed by atoms with E-state index >= 15 is 0 Å². The molecule has 1 heterocycles. The lowest BCUT2D eigenvalue weighted by Crippen LogP contribution is -2.11. The Morgan fingerprint density at radius 1 is 0.967 bits per heavy atom. The normalized spacial score (nSPS) is 10.4. The monoisotopic (exact) mass is 417 g/mol. The maximum absolute atomic E-state index is 12.6. The quantitative estimate of drug-likeness (QED) is 0.318. The van der Waals surface area contributed by atoms with Crippen molar-refractivity contribution in [2.75, 3.05) is 5.32 Å². The number of hydrogen-bond acceptors (Lipinski definition) is 6. The number of para-hydroxylation sites is 1.